The number of carbonyl (C=O) groups excluding carboxylic acids is 2. The molecule has 5 rings (SSSR count). The highest BCUT2D eigenvalue weighted by atomic mass is 35.6. The van der Waals surface area contributed by atoms with E-state index >= 15 is 0 Å². The Bertz CT molecular complexity index is 1870. The number of rotatable bonds is 8. The summed E-state index contributed by atoms with van der Waals surface area (Å²) in [6, 6.07) is 22.1. The van der Waals surface area contributed by atoms with Crippen LogP contribution in [0.5, 0.6) is 5.75 Å². The van der Waals surface area contributed by atoms with Crippen LogP contribution in [0, 0.1) is 0 Å². The van der Waals surface area contributed by atoms with Crippen molar-refractivity contribution in [1.82, 2.24) is 15.0 Å². The number of hydrogen-bond acceptors (Lipinski definition) is 8. The van der Waals surface area contributed by atoms with Crippen LogP contribution in [0.25, 0.3) is 23.5 Å². The zero-order valence-electron chi connectivity index (χ0n) is 26.4. The van der Waals surface area contributed by atoms with Gasteiger partial charge in [0.15, 0.2) is 23.3 Å². The van der Waals surface area contributed by atoms with Crippen LogP contribution >= 0.6 is 69.6 Å². The summed E-state index contributed by atoms with van der Waals surface area (Å²) < 4.78 is 1.56. The average Bonchev–Trinajstić information content (AvgIpc) is 3.38. The van der Waals surface area contributed by atoms with Crippen LogP contribution < -0.4 is 14.5 Å². The summed E-state index contributed by atoms with van der Waals surface area (Å²) in [5.74, 6) is -0.463. The normalized spacial score (nSPS) is 15.2. The van der Waals surface area contributed by atoms with E-state index in [9.17, 15) is 9.59 Å². The lowest BCUT2D eigenvalue weighted by atomic mass is 10.1. The topological polar surface area (TPSA) is 88.5 Å². The number of halogens is 6. The van der Waals surface area contributed by atoms with E-state index in [4.69, 9.17) is 74.3 Å². The molecule has 0 amide bonds. The lowest BCUT2D eigenvalue weighted by Crippen LogP contribution is -2.28. The van der Waals surface area contributed by atoms with Gasteiger partial charge in [0.1, 0.15) is 12.3 Å². The molecule has 0 N–H and O–H groups in total. The molecule has 0 atom stereocenters. The van der Waals surface area contributed by atoms with Crippen LogP contribution in [0.4, 0.5) is 11.4 Å². The summed E-state index contributed by atoms with van der Waals surface area (Å²) in [5, 5.41) is 0. The number of ether oxygens (including phenoxy) is 1. The molecule has 0 unspecified atom stereocenters. The number of likely N-dealkylation sites (N-methyl/N-ethyl adjacent to an activating group) is 1. The molecule has 0 spiro atoms. The minimum absolute atomic E-state index is 0.0168. The first-order valence-electron chi connectivity index (χ1n) is 14.8. The second kappa shape index (κ2) is 15.3. The van der Waals surface area contributed by atoms with Crippen LogP contribution in [-0.2, 0) is 17.2 Å². The fourth-order valence-corrected chi connectivity index (χ4v) is 5.46. The Morgan fingerprint density at radius 1 is 0.714 bits per heavy atom. The largest absolute Gasteiger partial charge is 0.425 e. The van der Waals surface area contributed by atoms with Crippen molar-refractivity contribution in [1.29, 1.82) is 0 Å². The number of nitrogens with zero attached hydrogens (tertiary/aromatic N) is 5. The van der Waals surface area contributed by atoms with Gasteiger partial charge in [-0.15, -0.1) is 0 Å². The van der Waals surface area contributed by atoms with Gasteiger partial charge >= 0.3 is 5.97 Å². The van der Waals surface area contributed by atoms with Gasteiger partial charge < -0.3 is 14.5 Å². The van der Waals surface area contributed by atoms with Gasteiger partial charge in [-0.1, -0.05) is 93.9 Å². The number of aromatic nitrogens is 3. The monoisotopic (exact) mass is 777 g/mol. The Kier molecular flexibility index (Phi) is 11.5. The Balaban J connectivity index is 1.19. The number of Topliss-reactive ketones (excluding diaryl/α,β-unsaturated/α-hetero) is 1. The number of esters is 1. The maximum Gasteiger partial charge on any atom is 0.330 e. The lowest BCUT2D eigenvalue weighted by molar-refractivity contribution is -0.132. The van der Waals surface area contributed by atoms with Crippen LogP contribution in [-0.4, -0.2) is 54.4 Å². The molecule has 0 bridgehead atoms. The molecule has 1 aromatic heterocycles. The molecule has 0 radical (unpaired) electrons. The van der Waals surface area contributed by atoms with E-state index in [1.807, 2.05) is 79.7 Å². The van der Waals surface area contributed by atoms with Gasteiger partial charge in [-0.25, -0.2) is 19.7 Å². The summed E-state index contributed by atoms with van der Waals surface area (Å²) in [7, 11) is 5.77. The first kappa shape index (κ1) is 36.9. The summed E-state index contributed by atoms with van der Waals surface area (Å²) in [4.78, 5) is 42.0. The summed E-state index contributed by atoms with van der Waals surface area (Å²) in [5.41, 5.74) is 5.88. The third kappa shape index (κ3) is 9.66. The standard InChI is InChI=1S/C35H29Cl6N5O3/c1-45(2)26-12-4-21(5-13-26)18-24-8-9-25(30(24)48)19-22-6-14-27(15-7-22)46(3)20-29(47)49-28-16-10-23(11-17-28)31-42-32(34(36,37)38)44-33(43-31)35(39,40)41/h4-7,10-19H,8-9,20H2,1-3H3/b24-18+,25-19+. The molecule has 0 aliphatic heterocycles. The van der Waals surface area contributed by atoms with Crippen molar-refractivity contribution >= 4 is 105 Å². The average molecular weight is 780 g/mol. The van der Waals surface area contributed by atoms with E-state index in [1.54, 1.807) is 36.2 Å². The minimum atomic E-state index is -1.99. The highest BCUT2D eigenvalue weighted by Crippen LogP contribution is 2.41. The van der Waals surface area contributed by atoms with E-state index in [2.05, 4.69) is 15.0 Å². The highest BCUT2D eigenvalue weighted by Gasteiger charge is 2.34. The van der Waals surface area contributed by atoms with E-state index in [0.717, 1.165) is 33.6 Å². The maximum absolute atomic E-state index is 13.1. The fourth-order valence-electron chi connectivity index (χ4n) is 4.95. The van der Waals surface area contributed by atoms with E-state index in [0.29, 0.717) is 24.2 Å². The minimum Gasteiger partial charge on any atom is -0.425 e. The van der Waals surface area contributed by atoms with Crippen LogP contribution in [0.15, 0.2) is 83.9 Å². The molecule has 1 aliphatic rings. The summed E-state index contributed by atoms with van der Waals surface area (Å²) >= 11 is 35.8. The molecular formula is C35H29Cl6N5O3. The second-order valence-electron chi connectivity index (χ2n) is 11.4. The summed E-state index contributed by atoms with van der Waals surface area (Å²) in [6.07, 6.45) is 5.29. The van der Waals surface area contributed by atoms with Gasteiger partial charge in [-0.05, 0) is 84.7 Å². The molecule has 254 valence electrons. The molecule has 4 aromatic rings. The smallest absolute Gasteiger partial charge is 0.330 e. The maximum atomic E-state index is 13.1. The molecule has 3 aromatic carbocycles. The van der Waals surface area contributed by atoms with Gasteiger partial charge in [-0.3, -0.25) is 4.79 Å². The predicted molar refractivity (Wildman–Crippen MR) is 200 cm³/mol. The van der Waals surface area contributed by atoms with Crippen molar-refractivity contribution in [3.8, 4) is 17.1 Å². The third-order valence-corrected chi connectivity index (χ3v) is 8.54. The molecule has 8 nitrogen and oxygen atoms in total. The van der Waals surface area contributed by atoms with Crippen LogP contribution in [0.2, 0.25) is 0 Å². The number of carbonyl (C=O) groups is 2. The van der Waals surface area contributed by atoms with Gasteiger partial charge in [0, 0.05) is 49.2 Å². The highest BCUT2D eigenvalue weighted by molar-refractivity contribution is 6.67. The Morgan fingerprint density at radius 2 is 1.18 bits per heavy atom. The number of allylic oxidation sites excluding steroid dienone is 2. The number of hydrogen-bond donors (Lipinski definition) is 0. The first-order chi connectivity index (χ1) is 23.1. The molecule has 1 saturated carbocycles. The molecule has 49 heavy (non-hydrogen) atoms. The zero-order valence-corrected chi connectivity index (χ0v) is 31.0. The van der Waals surface area contributed by atoms with Crippen LogP contribution in [0.3, 0.4) is 0 Å². The molecule has 1 heterocycles. The molecule has 14 heteroatoms. The number of benzene rings is 3. The van der Waals surface area contributed by atoms with Crippen molar-refractivity contribution in [2.24, 2.45) is 0 Å². The molecule has 1 aliphatic carbocycles. The third-order valence-electron chi connectivity index (χ3n) is 7.53. The van der Waals surface area contributed by atoms with Crippen molar-refractivity contribution in [2.75, 3.05) is 37.5 Å². The van der Waals surface area contributed by atoms with Gasteiger partial charge in [0.25, 0.3) is 0 Å². The summed E-state index contributed by atoms with van der Waals surface area (Å²) in [6.45, 7) is -0.0168. The fraction of sp³-hybridized carbons (Fsp3) is 0.229. The lowest BCUT2D eigenvalue weighted by Gasteiger charge is -2.18. The zero-order chi connectivity index (χ0) is 35.5. The quantitative estimate of drug-likeness (QED) is 0.0758. The second-order valence-corrected chi connectivity index (χ2v) is 16.0. The van der Waals surface area contributed by atoms with E-state index in [1.165, 1.54) is 0 Å². The van der Waals surface area contributed by atoms with Crippen LogP contribution in [0.1, 0.15) is 35.6 Å². The molecule has 0 saturated heterocycles. The Labute approximate surface area is 314 Å². The number of alkyl halides is 6. The SMILES string of the molecule is CN(C)c1ccc(/C=C2\CC/C(=C\c3ccc(N(C)CC(=O)Oc4ccc(-c5nc(C(Cl)(Cl)Cl)nc(C(Cl)(Cl)Cl)n5)cc4)cc3)C2=O)cc1. The van der Waals surface area contributed by atoms with Gasteiger partial charge in [0.05, 0.1) is 0 Å². The molecule has 1 fully saturated rings. The van der Waals surface area contributed by atoms with Crippen molar-refractivity contribution in [2.45, 2.75) is 20.4 Å². The van der Waals surface area contributed by atoms with Gasteiger partial charge in [0.2, 0.25) is 7.59 Å². The van der Waals surface area contributed by atoms with Crippen molar-refractivity contribution in [3.05, 3.63) is 107 Å². The Morgan fingerprint density at radius 3 is 1.63 bits per heavy atom. The Hall–Kier alpha value is -3.37. The van der Waals surface area contributed by atoms with Crippen molar-refractivity contribution < 1.29 is 14.3 Å². The number of ketones is 1. The predicted octanol–water partition coefficient (Wildman–Crippen LogP) is 9.13. The van der Waals surface area contributed by atoms with E-state index in [-0.39, 0.29) is 29.8 Å². The van der Waals surface area contributed by atoms with Gasteiger partial charge in [-0.2, -0.15) is 0 Å². The number of anilines is 2. The van der Waals surface area contributed by atoms with Crippen molar-refractivity contribution in [3.63, 3.8) is 0 Å². The van der Waals surface area contributed by atoms with E-state index < -0.39 is 13.6 Å². The first-order valence-corrected chi connectivity index (χ1v) is 17.1. The molecular weight excluding hydrogens is 751 g/mol.